The summed E-state index contributed by atoms with van der Waals surface area (Å²) >= 11 is 1.85. The van der Waals surface area contributed by atoms with Crippen LogP contribution in [0.5, 0.6) is 0 Å². The molecule has 0 radical (unpaired) electrons. The third-order valence-corrected chi connectivity index (χ3v) is 10.9. The van der Waals surface area contributed by atoms with Gasteiger partial charge in [-0.2, -0.15) is 0 Å². The van der Waals surface area contributed by atoms with Crippen LogP contribution in [0.15, 0.2) is 162 Å². The molecule has 10 rings (SSSR count). The SMILES string of the molecule is C=C/C=C\C.Nn1c2ccccc2c2ccc3c(c21)Sc1ccccc1C31c2ccccc2-n2c3ccccc3c3cccc1c32. The summed E-state index contributed by atoms with van der Waals surface area (Å²) in [6.07, 6.45) is 5.58. The first-order valence-corrected chi connectivity index (χ1v) is 16.5. The zero-order chi connectivity index (χ0) is 31.0. The van der Waals surface area contributed by atoms with Gasteiger partial charge < -0.3 is 10.4 Å². The highest BCUT2D eigenvalue weighted by atomic mass is 32.2. The highest BCUT2D eigenvalue weighted by Gasteiger charge is 2.50. The van der Waals surface area contributed by atoms with E-state index in [1.54, 1.807) is 6.08 Å². The van der Waals surface area contributed by atoms with Gasteiger partial charge in [0, 0.05) is 31.3 Å². The molecule has 1 spiro atoms. The van der Waals surface area contributed by atoms with Gasteiger partial charge in [0.2, 0.25) is 0 Å². The molecule has 2 aromatic heterocycles. The Morgan fingerprint density at radius 3 is 2.02 bits per heavy atom. The van der Waals surface area contributed by atoms with Crippen molar-refractivity contribution in [1.82, 2.24) is 9.24 Å². The molecule has 0 fully saturated rings. The van der Waals surface area contributed by atoms with E-state index in [0.717, 1.165) is 11.0 Å². The van der Waals surface area contributed by atoms with Gasteiger partial charge >= 0.3 is 0 Å². The van der Waals surface area contributed by atoms with Crippen molar-refractivity contribution in [3.05, 3.63) is 174 Å². The third-order valence-electron chi connectivity index (χ3n) is 9.71. The molecule has 2 aliphatic heterocycles. The van der Waals surface area contributed by atoms with Gasteiger partial charge in [-0.1, -0.05) is 140 Å². The van der Waals surface area contributed by atoms with Crippen molar-refractivity contribution in [2.75, 3.05) is 5.84 Å². The first-order valence-electron chi connectivity index (χ1n) is 15.7. The summed E-state index contributed by atoms with van der Waals surface area (Å²) in [5.74, 6) is 6.93. The average molecular weight is 610 g/mol. The zero-order valence-corrected chi connectivity index (χ0v) is 26.3. The van der Waals surface area contributed by atoms with Crippen molar-refractivity contribution in [1.29, 1.82) is 0 Å². The standard InChI is InChI=1S/C37H23N3S.C5H8/c38-40-31-17-6-2-11-23(31)25-20-21-29-36(35(25)40)41-33-19-8-4-14-27(33)37(29)26-13-3-7-18-32(26)39-30-16-5-1-10-22(30)24-12-9-15-28(37)34(24)39;1-3-5-4-2/h1-21H,38H2;3-5H,1H2,2H3/b;5-4-. The summed E-state index contributed by atoms with van der Waals surface area (Å²) in [7, 11) is 0. The summed E-state index contributed by atoms with van der Waals surface area (Å²) in [6.45, 7) is 5.42. The smallest absolute Gasteiger partial charge is 0.0846 e. The highest BCUT2D eigenvalue weighted by Crippen LogP contribution is 2.61. The van der Waals surface area contributed by atoms with E-state index >= 15 is 0 Å². The molecule has 1 unspecified atom stereocenters. The molecule has 0 bridgehead atoms. The van der Waals surface area contributed by atoms with Crippen LogP contribution in [0.2, 0.25) is 0 Å². The molecule has 4 heterocycles. The second-order valence-corrected chi connectivity index (χ2v) is 13.0. The molecule has 1 atom stereocenters. The van der Waals surface area contributed by atoms with Gasteiger partial charge in [0.05, 0.1) is 33.2 Å². The van der Waals surface area contributed by atoms with Gasteiger partial charge in [-0.25, -0.2) is 0 Å². The monoisotopic (exact) mass is 609 g/mol. The number of hydrogen-bond donors (Lipinski definition) is 1. The number of benzene rings is 6. The lowest BCUT2D eigenvalue weighted by molar-refractivity contribution is 0.691. The topological polar surface area (TPSA) is 35.9 Å². The van der Waals surface area contributed by atoms with Gasteiger partial charge in [-0.05, 0) is 53.4 Å². The summed E-state index contributed by atoms with van der Waals surface area (Å²) < 4.78 is 4.40. The number of nitrogens with zero attached hydrogens (tertiary/aromatic N) is 2. The fourth-order valence-electron chi connectivity index (χ4n) is 8.00. The van der Waals surface area contributed by atoms with E-state index in [4.69, 9.17) is 5.84 Å². The Labute approximate surface area is 271 Å². The Morgan fingerprint density at radius 2 is 1.24 bits per heavy atom. The molecule has 2 N–H and O–H groups in total. The average Bonchev–Trinajstić information content (AvgIpc) is 3.60. The Kier molecular flexibility index (Phi) is 5.87. The Morgan fingerprint density at radius 1 is 0.609 bits per heavy atom. The van der Waals surface area contributed by atoms with E-state index in [1.165, 1.54) is 70.3 Å². The minimum absolute atomic E-state index is 0.498. The number of nitrogens with two attached hydrogens (primary N) is 1. The van der Waals surface area contributed by atoms with Crippen LogP contribution in [-0.2, 0) is 5.41 Å². The molecule has 6 aromatic carbocycles. The zero-order valence-electron chi connectivity index (χ0n) is 25.4. The van der Waals surface area contributed by atoms with Gasteiger partial charge in [0.1, 0.15) is 0 Å². The summed E-state index contributed by atoms with van der Waals surface area (Å²) in [5.41, 5.74) is 10.6. The first-order chi connectivity index (χ1) is 22.7. The maximum atomic E-state index is 6.93. The van der Waals surface area contributed by atoms with Gasteiger partial charge in [-0.3, -0.25) is 4.68 Å². The molecule has 2 aliphatic rings. The largest absolute Gasteiger partial charge is 0.339 e. The molecule has 0 aliphatic carbocycles. The molecule has 3 nitrogen and oxygen atoms in total. The van der Waals surface area contributed by atoms with E-state index in [9.17, 15) is 0 Å². The van der Waals surface area contributed by atoms with E-state index in [2.05, 4.69) is 139 Å². The number of fused-ring (bicyclic) bond motifs is 15. The minimum Gasteiger partial charge on any atom is -0.339 e. The van der Waals surface area contributed by atoms with Gasteiger partial charge in [-0.15, -0.1) is 0 Å². The van der Waals surface area contributed by atoms with Crippen LogP contribution in [0.1, 0.15) is 29.2 Å². The van der Waals surface area contributed by atoms with E-state index in [1.807, 2.05) is 35.5 Å². The maximum Gasteiger partial charge on any atom is 0.0846 e. The van der Waals surface area contributed by atoms with Crippen molar-refractivity contribution in [3.8, 4) is 5.69 Å². The van der Waals surface area contributed by atoms with Crippen LogP contribution >= 0.6 is 11.8 Å². The predicted octanol–water partition coefficient (Wildman–Crippen LogP) is 10.5. The van der Waals surface area contributed by atoms with Crippen LogP contribution in [0.4, 0.5) is 0 Å². The number of hydrogen-bond acceptors (Lipinski definition) is 2. The van der Waals surface area contributed by atoms with Crippen molar-refractivity contribution in [2.45, 2.75) is 22.1 Å². The van der Waals surface area contributed by atoms with E-state index in [0.29, 0.717) is 0 Å². The first kappa shape index (κ1) is 26.9. The Balaban J connectivity index is 0.000000545. The lowest BCUT2D eigenvalue weighted by atomic mass is 9.62. The highest BCUT2D eigenvalue weighted by molar-refractivity contribution is 7.99. The predicted molar refractivity (Wildman–Crippen MR) is 195 cm³/mol. The van der Waals surface area contributed by atoms with Crippen LogP contribution in [0.25, 0.3) is 49.3 Å². The number of aromatic nitrogens is 2. The van der Waals surface area contributed by atoms with Crippen molar-refractivity contribution in [2.24, 2.45) is 0 Å². The fourth-order valence-corrected chi connectivity index (χ4v) is 9.33. The normalized spacial score (nSPS) is 16.0. The summed E-state index contributed by atoms with van der Waals surface area (Å²) in [4.78, 5) is 2.50. The lowest BCUT2D eigenvalue weighted by Crippen LogP contribution is -2.38. The van der Waals surface area contributed by atoms with Crippen LogP contribution < -0.4 is 5.84 Å². The molecular formula is C42H31N3S. The number of nitrogen functional groups attached to an aromatic ring is 1. The van der Waals surface area contributed by atoms with Crippen LogP contribution in [0, 0.1) is 0 Å². The molecule has 0 amide bonds. The molecule has 0 saturated carbocycles. The molecule has 46 heavy (non-hydrogen) atoms. The van der Waals surface area contributed by atoms with Gasteiger partial charge in [0.25, 0.3) is 0 Å². The summed E-state index contributed by atoms with van der Waals surface area (Å²) in [6, 6.07) is 46.8. The van der Waals surface area contributed by atoms with Crippen LogP contribution in [-0.4, -0.2) is 9.24 Å². The van der Waals surface area contributed by atoms with Crippen LogP contribution in [0.3, 0.4) is 0 Å². The van der Waals surface area contributed by atoms with E-state index < -0.39 is 5.41 Å². The molecule has 220 valence electrons. The van der Waals surface area contributed by atoms with Gasteiger partial charge in [0.15, 0.2) is 0 Å². The quantitative estimate of drug-likeness (QED) is 0.148. The summed E-state index contributed by atoms with van der Waals surface area (Å²) in [5, 5.41) is 4.96. The number of allylic oxidation sites excluding steroid dienone is 3. The molecular weight excluding hydrogens is 579 g/mol. The Bertz CT molecular complexity index is 2560. The van der Waals surface area contributed by atoms with Crippen molar-refractivity contribution < 1.29 is 0 Å². The van der Waals surface area contributed by atoms with Crippen molar-refractivity contribution in [3.63, 3.8) is 0 Å². The van der Waals surface area contributed by atoms with E-state index in [-0.39, 0.29) is 0 Å². The number of rotatable bonds is 1. The van der Waals surface area contributed by atoms with Crippen molar-refractivity contribution >= 4 is 55.4 Å². The lowest BCUT2D eigenvalue weighted by Gasteiger charge is -2.45. The molecule has 8 aromatic rings. The fraction of sp³-hybridized carbons (Fsp3) is 0.0476. The minimum atomic E-state index is -0.498. The molecule has 4 heteroatoms. The second kappa shape index (κ2) is 10.0. The Hall–Kier alpha value is -5.45. The second-order valence-electron chi connectivity index (χ2n) is 11.9. The maximum absolute atomic E-state index is 6.93. The number of para-hydroxylation sites is 4. The third kappa shape index (κ3) is 3.34. The molecule has 0 saturated heterocycles.